The number of nitrogens with zero attached hydrogens (tertiary/aromatic N) is 1. The third kappa shape index (κ3) is 12.1. The van der Waals surface area contributed by atoms with Crippen LogP contribution in [-0.2, 0) is 10.1 Å². The van der Waals surface area contributed by atoms with Crippen LogP contribution in [0.3, 0.4) is 0 Å². The number of hydrogen-bond acceptors (Lipinski definition) is 4. The average molecular weight is 269 g/mol. The monoisotopic (exact) mass is 269 g/mol. The van der Waals surface area contributed by atoms with E-state index in [9.17, 15) is 13.2 Å². The van der Waals surface area contributed by atoms with E-state index in [1.165, 1.54) is 0 Å². The van der Waals surface area contributed by atoms with Crippen LogP contribution in [0.2, 0.25) is 19.1 Å². The van der Waals surface area contributed by atoms with Gasteiger partial charge in [-0.05, 0) is 52.1 Å². The number of hydrogen-bond donors (Lipinski definition) is 2. The third-order valence-electron chi connectivity index (χ3n) is 2.27. The minimum absolute atomic E-state index is 0.183. The second-order valence-corrected chi connectivity index (χ2v) is 10.6. The molecule has 0 spiro atoms. The van der Waals surface area contributed by atoms with Crippen molar-refractivity contribution in [1.82, 2.24) is 4.90 Å². The van der Waals surface area contributed by atoms with Crippen molar-refractivity contribution in [1.29, 1.82) is 0 Å². The fourth-order valence-corrected chi connectivity index (χ4v) is 2.93. The Kier molecular flexibility index (Phi) is 6.72. The predicted molar refractivity (Wildman–Crippen MR) is 67.7 cm³/mol. The summed E-state index contributed by atoms with van der Waals surface area (Å²) >= 11 is 0. The second-order valence-electron chi connectivity index (χ2n) is 4.86. The molecule has 0 aromatic carbocycles. The first-order valence-electron chi connectivity index (χ1n) is 5.46. The van der Waals surface area contributed by atoms with E-state index in [2.05, 4.69) is 0 Å². The topological polar surface area (TPSA) is 77.8 Å². The molecule has 0 aliphatic heterocycles. The Bertz CT molecular complexity index is 286. The van der Waals surface area contributed by atoms with Gasteiger partial charge in [0.05, 0.1) is 5.75 Å². The maximum absolute atomic E-state index is 10.5. The highest BCUT2D eigenvalue weighted by Gasteiger charge is 2.16. The largest absolute Gasteiger partial charge is 0.432 e. The Hall–Kier alpha value is 0.0469. The summed E-state index contributed by atoms with van der Waals surface area (Å²) in [5.74, 6) is -0.183. The van der Waals surface area contributed by atoms with Gasteiger partial charge < -0.3 is 9.70 Å². The summed E-state index contributed by atoms with van der Waals surface area (Å²) < 4.78 is 29.5. The van der Waals surface area contributed by atoms with Gasteiger partial charge in [0.1, 0.15) is 0 Å². The van der Waals surface area contributed by atoms with Crippen LogP contribution in [0.4, 0.5) is 0 Å². The molecule has 0 aromatic rings. The van der Waals surface area contributed by atoms with Gasteiger partial charge >= 0.3 is 0 Å². The molecule has 0 saturated carbocycles. The molecular weight excluding hydrogens is 246 g/mol. The van der Waals surface area contributed by atoms with E-state index >= 15 is 0 Å². The first-order valence-corrected chi connectivity index (χ1v) is 10.2. The zero-order valence-electron chi connectivity index (χ0n) is 10.3. The Morgan fingerprint density at radius 2 is 1.69 bits per heavy atom. The van der Waals surface area contributed by atoms with Crippen molar-refractivity contribution in [3.63, 3.8) is 0 Å². The molecule has 0 unspecified atom stereocenters. The Labute approximate surface area is 99.3 Å². The van der Waals surface area contributed by atoms with Crippen LogP contribution in [-0.4, -0.2) is 56.9 Å². The summed E-state index contributed by atoms with van der Waals surface area (Å²) in [7, 11) is -3.86. The van der Waals surface area contributed by atoms with E-state index in [1.54, 1.807) is 0 Å². The Morgan fingerprint density at radius 1 is 1.19 bits per heavy atom. The average Bonchev–Trinajstić information content (AvgIpc) is 1.98. The maximum Gasteiger partial charge on any atom is 0.264 e. The lowest BCUT2D eigenvalue weighted by molar-refractivity contribution is 0.332. The standard InChI is InChI=1S/C9H23NO4SSi/c1-10(6-4-8-15(11,12)13)7-5-9-16(2,3)14/h14H,4-9H2,1-3H3,(H,11,12,13). The van der Waals surface area contributed by atoms with Gasteiger partial charge in [0.2, 0.25) is 0 Å². The zero-order chi connectivity index (χ0) is 12.8. The molecule has 0 saturated heterocycles. The lowest BCUT2D eigenvalue weighted by Gasteiger charge is -2.18. The fraction of sp³-hybridized carbons (Fsp3) is 1.00. The van der Waals surface area contributed by atoms with Crippen molar-refractivity contribution >= 4 is 18.4 Å². The molecule has 0 fully saturated rings. The summed E-state index contributed by atoms with van der Waals surface area (Å²) in [6, 6.07) is 0.857. The van der Waals surface area contributed by atoms with E-state index in [-0.39, 0.29) is 5.75 Å². The predicted octanol–water partition coefficient (Wildman–Crippen LogP) is 0.784. The van der Waals surface area contributed by atoms with Crippen LogP contribution in [0.1, 0.15) is 12.8 Å². The van der Waals surface area contributed by atoms with Crippen molar-refractivity contribution in [2.24, 2.45) is 0 Å². The molecule has 0 aliphatic rings. The van der Waals surface area contributed by atoms with E-state index in [0.717, 1.165) is 19.0 Å². The van der Waals surface area contributed by atoms with Crippen molar-refractivity contribution in [2.75, 3.05) is 25.9 Å². The maximum atomic E-state index is 10.5. The molecule has 0 heterocycles. The molecular formula is C9H23NO4SSi. The van der Waals surface area contributed by atoms with Gasteiger partial charge in [-0.15, -0.1) is 0 Å². The Balaban J connectivity index is 3.57. The van der Waals surface area contributed by atoms with Crippen molar-refractivity contribution in [3.05, 3.63) is 0 Å². The van der Waals surface area contributed by atoms with E-state index in [0.29, 0.717) is 13.0 Å². The van der Waals surface area contributed by atoms with Crippen LogP contribution in [0, 0.1) is 0 Å². The van der Waals surface area contributed by atoms with Crippen LogP contribution in [0.5, 0.6) is 0 Å². The highest BCUT2D eigenvalue weighted by Crippen LogP contribution is 2.08. The highest BCUT2D eigenvalue weighted by molar-refractivity contribution is 7.85. The van der Waals surface area contributed by atoms with Gasteiger partial charge in [-0.1, -0.05) is 0 Å². The molecule has 0 rings (SSSR count). The molecule has 16 heavy (non-hydrogen) atoms. The summed E-state index contributed by atoms with van der Waals surface area (Å²) in [4.78, 5) is 11.6. The smallest absolute Gasteiger partial charge is 0.264 e. The highest BCUT2D eigenvalue weighted by atomic mass is 32.2. The van der Waals surface area contributed by atoms with E-state index in [1.807, 2.05) is 25.0 Å². The first kappa shape index (κ1) is 16.0. The molecule has 0 aromatic heterocycles. The molecule has 98 valence electrons. The SMILES string of the molecule is CN(CCC[Si](C)(C)O)CCCS(=O)(=O)O. The molecule has 2 N–H and O–H groups in total. The quantitative estimate of drug-likeness (QED) is 0.503. The summed E-state index contributed by atoms with van der Waals surface area (Å²) in [5, 5.41) is 0. The van der Waals surface area contributed by atoms with Gasteiger partial charge in [-0.3, -0.25) is 4.55 Å². The molecule has 0 radical (unpaired) electrons. The normalized spacial score (nSPS) is 13.4. The summed E-state index contributed by atoms with van der Waals surface area (Å²) in [6.45, 7) is 5.31. The minimum atomic E-state index is -3.82. The molecule has 0 bridgehead atoms. The van der Waals surface area contributed by atoms with E-state index in [4.69, 9.17) is 4.55 Å². The number of rotatable bonds is 8. The molecule has 5 nitrogen and oxygen atoms in total. The van der Waals surface area contributed by atoms with E-state index < -0.39 is 18.4 Å². The zero-order valence-corrected chi connectivity index (χ0v) is 12.1. The first-order chi connectivity index (χ1) is 7.10. The van der Waals surface area contributed by atoms with Crippen molar-refractivity contribution in [3.8, 4) is 0 Å². The lowest BCUT2D eigenvalue weighted by Crippen LogP contribution is -2.28. The van der Waals surface area contributed by atoms with Gasteiger partial charge in [0.15, 0.2) is 8.32 Å². The van der Waals surface area contributed by atoms with Crippen LogP contribution < -0.4 is 0 Å². The van der Waals surface area contributed by atoms with Crippen molar-refractivity contribution in [2.45, 2.75) is 32.0 Å². The van der Waals surface area contributed by atoms with Gasteiger partial charge in [0.25, 0.3) is 10.1 Å². The molecule has 7 heteroatoms. The summed E-state index contributed by atoms with van der Waals surface area (Å²) in [5.41, 5.74) is 0. The van der Waals surface area contributed by atoms with Crippen LogP contribution >= 0.6 is 0 Å². The molecule has 0 aliphatic carbocycles. The second kappa shape index (κ2) is 6.70. The summed E-state index contributed by atoms with van der Waals surface area (Å²) in [6.07, 6.45) is 1.37. The van der Waals surface area contributed by atoms with Gasteiger partial charge in [0, 0.05) is 0 Å². The van der Waals surface area contributed by atoms with Crippen LogP contribution in [0.25, 0.3) is 0 Å². The van der Waals surface area contributed by atoms with Crippen LogP contribution in [0.15, 0.2) is 0 Å². The van der Waals surface area contributed by atoms with Crippen molar-refractivity contribution < 1.29 is 17.8 Å². The van der Waals surface area contributed by atoms with Gasteiger partial charge in [-0.25, -0.2) is 0 Å². The van der Waals surface area contributed by atoms with Gasteiger partial charge in [-0.2, -0.15) is 8.42 Å². The minimum Gasteiger partial charge on any atom is -0.432 e. The Morgan fingerprint density at radius 3 is 2.12 bits per heavy atom. The molecule has 0 amide bonds. The molecule has 0 atom stereocenters. The fourth-order valence-electron chi connectivity index (χ4n) is 1.41. The lowest BCUT2D eigenvalue weighted by atomic mass is 10.4. The third-order valence-corrected chi connectivity index (χ3v) is 4.65.